The van der Waals surface area contributed by atoms with Crippen molar-refractivity contribution >= 4 is 5.91 Å². The highest BCUT2D eigenvalue weighted by Crippen LogP contribution is 2.21. The van der Waals surface area contributed by atoms with Gasteiger partial charge in [-0.1, -0.05) is 30.3 Å². The van der Waals surface area contributed by atoms with E-state index in [9.17, 15) is 4.79 Å². The van der Waals surface area contributed by atoms with Crippen LogP contribution < -0.4 is 0 Å². The molecular formula is C10H11NO3. The SMILES string of the molecule is O=C1N(Cc2ccccc2)CC1(O)O. The number of carbonyl (C=O) groups is 1. The molecule has 1 aromatic carbocycles. The molecule has 0 aliphatic carbocycles. The Labute approximate surface area is 81.4 Å². The zero-order valence-corrected chi connectivity index (χ0v) is 7.55. The fourth-order valence-electron chi connectivity index (χ4n) is 1.50. The number of β-amino-alcohol motifs (C(OH)–C–C–N with tert-alkyl or cyclic N) is 2. The van der Waals surface area contributed by atoms with Gasteiger partial charge in [-0.25, -0.2) is 0 Å². The van der Waals surface area contributed by atoms with Crippen LogP contribution in [-0.2, 0) is 11.3 Å². The minimum atomic E-state index is -2.13. The maximum atomic E-state index is 11.1. The summed E-state index contributed by atoms with van der Waals surface area (Å²) < 4.78 is 0. The van der Waals surface area contributed by atoms with E-state index in [1.54, 1.807) is 0 Å². The third kappa shape index (κ3) is 1.49. The van der Waals surface area contributed by atoms with Gasteiger partial charge in [-0.05, 0) is 5.56 Å². The zero-order chi connectivity index (χ0) is 10.2. The van der Waals surface area contributed by atoms with E-state index in [1.807, 2.05) is 30.3 Å². The summed E-state index contributed by atoms with van der Waals surface area (Å²) in [7, 11) is 0. The average molecular weight is 193 g/mol. The van der Waals surface area contributed by atoms with E-state index < -0.39 is 11.7 Å². The van der Waals surface area contributed by atoms with Crippen LogP contribution in [0.15, 0.2) is 30.3 Å². The zero-order valence-electron chi connectivity index (χ0n) is 7.55. The second kappa shape index (κ2) is 3.08. The predicted octanol–water partition coefficient (Wildman–Crippen LogP) is -0.290. The van der Waals surface area contributed by atoms with Crippen LogP contribution in [0, 0.1) is 0 Å². The molecule has 0 unspecified atom stereocenters. The molecule has 1 amide bonds. The van der Waals surface area contributed by atoms with Crippen molar-refractivity contribution < 1.29 is 15.0 Å². The van der Waals surface area contributed by atoms with Crippen LogP contribution in [0.4, 0.5) is 0 Å². The molecule has 1 heterocycles. The maximum absolute atomic E-state index is 11.1. The predicted molar refractivity (Wildman–Crippen MR) is 49.0 cm³/mol. The van der Waals surface area contributed by atoms with Gasteiger partial charge in [0.1, 0.15) is 0 Å². The van der Waals surface area contributed by atoms with Crippen molar-refractivity contribution in [2.75, 3.05) is 6.54 Å². The Hall–Kier alpha value is -1.39. The van der Waals surface area contributed by atoms with Crippen LogP contribution in [0.3, 0.4) is 0 Å². The Bertz CT molecular complexity index is 348. The maximum Gasteiger partial charge on any atom is 0.284 e. The molecule has 0 aromatic heterocycles. The van der Waals surface area contributed by atoms with Gasteiger partial charge in [-0.2, -0.15) is 0 Å². The quantitative estimate of drug-likeness (QED) is 0.501. The van der Waals surface area contributed by atoms with Crippen molar-refractivity contribution in [2.45, 2.75) is 12.3 Å². The molecule has 0 radical (unpaired) electrons. The van der Waals surface area contributed by atoms with Crippen LogP contribution in [0.1, 0.15) is 5.56 Å². The summed E-state index contributed by atoms with van der Waals surface area (Å²) in [5.41, 5.74) is 0.983. The van der Waals surface area contributed by atoms with E-state index in [-0.39, 0.29) is 6.54 Å². The van der Waals surface area contributed by atoms with E-state index in [0.717, 1.165) is 5.56 Å². The van der Waals surface area contributed by atoms with Gasteiger partial charge in [0.05, 0.1) is 6.54 Å². The molecule has 1 aliphatic rings. The molecule has 2 rings (SSSR count). The molecule has 1 fully saturated rings. The smallest absolute Gasteiger partial charge is 0.284 e. The average Bonchev–Trinajstić information content (AvgIpc) is 2.18. The fourth-order valence-corrected chi connectivity index (χ4v) is 1.50. The second-order valence-electron chi connectivity index (χ2n) is 3.46. The van der Waals surface area contributed by atoms with E-state index in [1.165, 1.54) is 4.90 Å². The van der Waals surface area contributed by atoms with E-state index in [4.69, 9.17) is 10.2 Å². The summed E-state index contributed by atoms with van der Waals surface area (Å²) in [4.78, 5) is 12.5. The van der Waals surface area contributed by atoms with Gasteiger partial charge >= 0.3 is 0 Å². The molecule has 4 heteroatoms. The van der Waals surface area contributed by atoms with Gasteiger partial charge in [-0.15, -0.1) is 0 Å². The fraction of sp³-hybridized carbons (Fsp3) is 0.300. The largest absolute Gasteiger partial charge is 0.357 e. The van der Waals surface area contributed by atoms with Crippen molar-refractivity contribution in [3.63, 3.8) is 0 Å². The Morgan fingerprint density at radius 2 is 1.93 bits per heavy atom. The number of hydrogen-bond donors (Lipinski definition) is 2. The van der Waals surface area contributed by atoms with Crippen molar-refractivity contribution in [3.8, 4) is 0 Å². The van der Waals surface area contributed by atoms with Gasteiger partial charge in [0.25, 0.3) is 11.7 Å². The normalized spacial score (nSPS) is 19.3. The van der Waals surface area contributed by atoms with Crippen LogP contribution in [0.25, 0.3) is 0 Å². The highest BCUT2D eigenvalue weighted by Gasteiger charge is 2.49. The van der Waals surface area contributed by atoms with Gasteiger partial charge in [0, 0.05) is 6.54 Å². The summed E-state index contributed by atoms with van der Waals surface area (Å²) in [5.74, 6) is -2.75. The minimum absolute atomic E-state index is 0.0132. The van der Waals surface area contributed by atoms with Crippen LogP contribution in [-0.4, -0.2) is 33.4 Å². The number of likely N-dealkylation sites (tertiary alicyclic amines) is 1. The van der Waals surface area contributed by atoms with Gasteiger partial charge in [-0.3, -0.25) is 4.79 Å². The monoisotopic (exact) mass is 193 g/mol. The molecule has 0 bridgehead atoms. The van der Waals surface area contributed by atoms with E-state index in [2.05, 4.69) is 0 Å². The lowest BCUT2D eigenvalue weighted by atomic mass is 10.1. The Morgan fingerprint density at radius 3 is 2.43 bits per heavy atom. The van der Waals surface area contributed by atoms with Crippen LogP contribution in [0.2, 0.25) is 0 Å². The highest BCUT2D eigenvalue weighted by atomic mass is 16.5. The first kappa shape index (κ1) is 9.18. The molecule has 14 heavy (non-hydrogen) atoms. The molecular weight excluding hydrogens is 182 g/mol. The number of benzene rings is 1. The molecule has 2 N–H and O–H groups in total. The standard InChI is InChI=1S/C10H11NO3/c12-9-10(13,14)7-11(9)6-8-4-2-1-3-5-8/h1-5,13-14H,6-7H2. The molecule has 1 aliphatic heterocycles. The number of hydrogen-bond acceptors (Lipinski definition) is 3. The summed E-state index contributed by atoms with van der Waals surface area (Å²) in [6.07, 6.45) is 0. The first-order valence-corrected chi connectivity index (χ1v) is 4.38. The lowest BCUT2D eigenvalue weighted by Gasteiger charge is -2.41. The van der Waals surface area contributed by atoms with Gasteiger partial charge in [0.2, 0.25) is 0 Å². The number of carbonyl (C=O) groups excluding carboxylic acids is 1. The van der Waals surface area contributed by atoms with Crippen LogP contribution >= 0.6 is 0 Å². The first-order chi connectivity index (χ1) is 6.59. The third-order valence-corrected chi connectivity index (χ3v) is 2.26. The molecule has 0 atom stereocenters. The number of rotatable bonds is 2. The summed E-state index contributed by atoms with van der Waals surface area (Å²) in [5, 5.41) is 18.0. The lowest BCUT2D eigenvalue weighted by Crippen LogP contribution is -2.66. The number of nitrogens with zero attached hydrogens (tertiary/aromatic N) is 1. The first-order valence-electron chi connectivity index (χ1n) is 4.38. The highest BCUT2D eigenvalue weighted by molar-refractivity contribution is 5.89. The molecule has 1 saturated heterocycles. The molecule has 4 nitrogen and oxygen atoms in total. The number of amides is 1. The molecule has 0 spiro atoms. The van der Waals surface area contributed by atoms with Gasteiger partial charge in [0.15, 0.2) is 0 Å². The van der Waals surface area contributed by atoms with E-state index in [0.29, 0.717) is 6.54 Å². The number of aliphatic hydroxyl groups is 2. The molecule has 1 aromatic rings. The third-order valence-electron chi connectivity index (χ3n) is 2.26. The van der Waals surface area contributed by atoms with Crippen LogP contribution in [0.5, 0.6) is 0 Å². The molecule has 74 valence electrons. The second-order valence-corrected chi connectivity index (χ2v) is 3.46. The van der Waals surface area contributed by atoms with Crippen molar-refractivity contribution in [3.05, 3.63) is 35.9 Å². The number of β-lactam (4-membered cyclic amide) rings is 1. The van der Waals surface area contributed by atoms with Crippen molar-refractivity contribution in [2.24, 2.45) is 0 Å². The Morgan fingerprint density at radius 1 is 1.29 bits per heavy atom. The molecule has 0 saturated carbocycles. The topological polar surface area (TPSA) is 60.8 Å². The summed E-state index contributed by atoms with van der Waals surface area (Å²) in [6.45, 7) is 0.420. The summed E-state index contributed by atoms with van der Waals surface area (Å²) in [6, 6.07) is 9.43. The van der Waals surface area contributed by atoms with Crippen molar-refractivity contribution in [1.29, 1.82) is 0 Å². The summed E-state index contributed by atoms with van der Waals surface area (Å²) >= 11 is 0. The lowest BCUT2D eigenvalue weighted by molar-refractivity contribution is -0.236. The Kier molecular flexibility index (Phi) is 2.02. The minimum Gasteiger partial charge on any atom is -0.357 e. The van der Waals surface area contributed by atoms with E-state index >= 15 is 0 Å². The van der Waals surface area contributed by atoms with Gasteiger partial charge < -0.3 is 15.1 Å². The Balaban J connectivity index is 1.99. The van der Waals surface area contributed by atoms with Crippen molar-refractivity contribution in [1.82, 2.24) is 4.90 Å².